The van der Waals surface area contributed by atoms with Crippen LogP contribution in [0.15, 0.2) is 12.1 Å². The highest BCUT2D eigenvalue weighted by Crippen LogP contribution is 2.19. The third kappa shape index (κ3) is 3.75. The predicted molar refractivity (Wildman–Crippen MR) is 77.5 cm³/mol. The van der Waals surface area contributed by atoms with Gasteiger partial charge in [-0.15, -0.1) is 0 Å². The van der Waals surface area contributed by atoms with Crippen LogP contribution < -0.4 is 5.32 Å². The summed E-state index contributed by atoms with van der Waals surface area (Å²) in [5, 5.41) is 2.81. The van der Waals surface area contributed by atoms with E-state index in [0.717, 1.165) is 12.1 Å². The van der Waals surface area contributed by atoms with Gasteiger partial charge >= 0.3 is 6.03 Å². The Kier molecular flexibility index (Phi) is 5.12. The van der Waals surface area contributed by atoms with E-state index in [9.17, 15) is 22.8 Å². The number of halogens is 3. The molecular weight excluding hydrogens is 311 g/mol. The molecule has 1 aromatic carbocycles. The van der Waals surface area contributed by atoms with Crippen LogP contribution in [0.2, 0.25) is 0 Å². The first-order valence-corrected chi connectivity index (χ1v) is 7.22. The Bertz CT molecular complexity index is 614. The zero-order chi connectivity index (χ0) is 17.1. The predicted octanol–water partition coefficient (Wildman–Crippen LogP) is 1.98. The fraction of sp³-hybridized carbons (Fsp3) is 0.467. The number of carbonyl (C=O) groups is 2. The zero-order valence-corrected chi connectivity index (χ0v) is 12.9. The van der Waals surface area contributed by atoms with Crippen molar-refractivity contribution in [3.05, 3.63) is 35.1 Å². The van der Waals surface area contributed by atoms with Gasteiger partial charge in [0.1, 0.15) is 0 Å². The smallest absolute Gasteiger partial charge is 0.317 e. The number of piperidine rings is 1. The highest BCUT2D eigenvalue weighted by Gasteiger charge is 2.27. The average Bonchev–Trinajstić information content (AvgIpc) is 2.53. The Hall–Kier alpha value is -2.25. The summed E-state index contributed by atoms with van der Waals surface area (Å²) < 4.78 is 39.8. The second kappa shape index (κ2) is 6.89. The van der Waals surface area contributed by atoms with Crippen molar-refractivity contribution < 1.29 is 22.8 Å². The lowest BCUT2D eigenvalue weighted by molar-refractivity contribution is 0.0701. The largest absolute Gasteiger partial charge is 0.338 e. The Balaban J connectivity index is 1.99. The van der Waals surface area contributed by atoms with Gasteiger partial charge in [0, 0.05) is 33.2 Å². The molecule has 23 heavy (non-hydrogen) atoms. The average molecular weight is 329 g/mol. The van der Waals surface area contributed by atoms with Crippen LogP contribution in [0.4, 0.5) is 18.0 Å². The minimum absolute atomic E-state index is 0.0799. The molecule has 0 unspecified atom stereocenters. The van der Waals surface area contributed by atoms with Crippen LogP contribution in [0.25, 0.3) is 0 Å². The first kappa shape index (κ1) is 17.1. The molecule has 1 heterocycles. The van der Waals surface area contributed by atoms with Crippen LogP contribution >= 0.6 is 0 Å². The lowest BCUT2D eigenvalue weighted by atomic mass is 10.0. The molecule has 5 nitrogen and oxygen atoms in total. The molecule has 1 N–H and O–H groups in total. The highest BCUT2D eigenvalue weighted by molar-refractivity contribution is 5.94. The molecule has 0 saturated carbocycles. The van der Waals surface area contributed by atoms with E-state index in [2.05, 4.69) is 5.32 Å². The van der Waals surface area contributed by atoms with Crippen molar-refractivity contribution in [2.75, 3.05) is 27.2 Å². The third-order valence-electron chi connectivity index (χ3n) is 3.78. The van der Waals surface area contributed by atoms with Crippen molar-refractivity contribution in [1.82, 2.24) is 15.1 Å². The monoisotopic (exact) mass is 329 g/mol. The molecule has 0 aromatic heterocycles. The van der Waals surface area contributed by atoms with Gasteiger partial charge in [0.25, 0.3) is 5.91 Å². The second-order valence-electron chi connectivity index (χ2n) is 5.63. The maximum atomic E-state index is 13.7. The molecule has 0 spiro atoms. The highest BCUT2D eigenvalue weighted by atomic mass is 19.2. The fourth-order valence-electron chi connectivity index (χ4n) is 2.39. The van der Waals surface area contributed by atoms with Crippen LogP contribution in [0, 0.1) is 17.5 Å². The minimum atomic E-state index is -1.65. The molecule has 0 aliphatic carbocycles. The van der Waals surface area contributed by atoms with Gasteiger partial charge in [0.2, 0.25) is 0 Å². The van der Waals surface area contributed by atoms with E-state index >= 15 is 0 Å². The second-order valence-corrected chi connectivity index (χ2v) is 5.63. The van der Waals surface area contributed by atoms with Crippen LogP contribution in [-0.2, 0) is 0 Å². The maximum absolute atomic E-state index is 13.7. The quantitative estimate of drug-likeness (QED) is 0.844. The molecule has 1 aromatic rings. The summed E-state index contributed by atoms with van der Waals surface area (Å²) in [5.74, 6) is -5.13. The number of hydrogen-bond acceptors (Lipinski definition) is 2. The summed E-state index contributed by atoms with van der Waals surface area (Å²) in [4.78, 5) is 26.6. The number of amides is 3. The Labute approximate surface area is 132 Å². The molecule has 1 saturated heterocycles. The van der Waals surface area contributed by atoms with E-state index in [1.54, 1.807) is 14.1 Å². The Morgan fingerprint density at radius 2 is 1.74 bits per heavy atom. The molecule has 1 fully saturated rings. The number of nitrogens with zero attached hydrogens (tertiary/aromatic N) is 2. The van der Waals surface area contributed by atoms with Crippen LogP contribution in [0.1, 0.15) is 23.2 Å². The standard InChI is InChI=1S/C15H18F3N3O2/c1-20(2)15(23)19-9-5-7-21(8-6-9)14(22)10-3-4-11(16)13(18)12(10)17/h3-4,9H,5-8H2,1-2H3,(H,19,23). The van der Waals surface area contributed by atoms with Crippen molar-refractivity contribution in [1.29, 1.82) is 0 Å². The topological polar surface area (TPSA) is 52.7 Å². The Morgan fingerprint density at radius 1 is 1.13 bits per heavy atom. The lowest BCUT2D eigenvalue weighted by Gasteiger charge is -2.33. The molecule has 0 radical (unpaired) electrons. The number of carbonyl (C=O) groups excluding carboxylic acids is 2. The molecule has 0 atom stereocenters. The van der Waals surface area contributed by atoms with Crippen LogP contribution in [0.3, 0.4) is 0 Å². The van der Waals surface area contributed by atoms with E-state index in [-0.39, 0.29) is 12.1 Å². The van der Waals surface area contributed by atoms with Gasteiger partial charge < -0.3 is 15.1 Å². The number of urea groups is 1. The molecular formula is C15H18F3N3O2. The summed E-state index contributed by atoms with van der Waals surface area (Å²) in [5.41, 5.74) is -0.486. The fourth-order valence-corrected chi connectivity index (χ4v) is 2.39. The van der Waals surface area contributed by atoms with Gasteiger partial charge in [0.05, 0.1) is 5.56 Å². The summed E-state index contributed by atoms with van der Waals surface area (Å²) in [6.45, 7) is 0.602. The molecule has 126 valence electrons. The lowest BCUT2D eigenvalue weighted by Crippen LogP contribution is -2.48. The van der Waals surface area contributed by atoms with E-state index in [1.165, 1.54) is 9.80 Å². The molecule has 2 rings (SSSR count). The van der Waals surface area contributed by atoms with Gasteiger partial charge in [-0.25, -0.2) is 18.0 Å². The summed E-state index contributed by atoms with van der Waals surface area (Å²) in [6, 6.07) is 1.37. The van der Waals surface area contributed by atoms with Crippen molar-refractivity contribution in [3.63, 3.8) is 0 Å². The first-order chi connectivity index (χ1) is 10.8. The van der Waals surface area contributed by atoms with Crippen LogP contribution in [0.5, 0.6) is 0 Å². The minimum Gasteiger partial charge on any atom is -0.338 e. The van der Waals surface area contributed by atoms with Gasteiger partial charge in [-0.2, -0.15) is 0 Å². The van der Waals surface area contributed by atoms with Gasteiger partial charge in [-0.3, -0.25) is 4.79 Å². The first-order valence-electron chi connectivity index (χ1n) is 7.22. The van der Waals surface area contributed by atoms with E-state index in [4.69, 9.17) is 0 Å². The van der Waals surface area contributed by atoms with Gasteiger partial charge in [-0.1, -0.05) is 0 Å². The summed E-state index contributed by atoms with van der Waals surface area (Å²) >= 11 is 0. The number of benzene rings is 1. The van der Waals surface area contributed by atoms with Gasteiger partial charge in [0.15, 0.2) is 17.5 Å². The van der Waals surface area contributed by atoms with E-state index in [1.807, 2.05) is 0 Å². The van der Waals surface area contributed by atoms with Crippen molar-refractivity contribution in [2.45, 2.75) is 18.9 Å². The molecule has 1 aliphatic rings. The molecule has 0 bridgehead atoms. The van der Waals surface area contributed by atoms with Crippen molar-refractivity contribution in [3.8, 4) is 0 Å². The van der Waals surface area contributed by atoms with Crippen molar-refractivity contribution in [2.24, 2.45) is 0 Å². The number of likely N-dealkylation sites (tertiary alicyclic amines) is 1. The summed E-state index contributed by atoms with van der Waals surface area (Å²) in [6.07, 6.45) is 1.02. The molecule has 1 aliphatic heterocycles. The van der Waals surface area contributed by atoms with E-state index in [0.29, 0.717) is 25.9 Å². The summed E-state index contributed by atoms with van der Waals surface area (Å²) in [7, 11) is 3.25. The number of nitrogens with one attached hydrogen (secondary N) is 1. The van der Waals surface area contributed by atoms with Crippen molar-refractivity contribution >= 4 is 11.9 Å². The SMILES string of the molecule is CN(C)C(=O)NC1CCN(C(=O)c2ccc(F)c(F)c2F)CC1. The maximum Gasteiger partial charge on any atom is 0.317 e. The normalized spacial score (nSPS) is 15.4. The van der Waals surface area contributed by atoms with Crippen LogP contribution in [-0.4, -0.2) is 55.0 Å². The van der Waals surface area contributed by atoms with E-state index < -0.39 is 28.9 Å². The number of hydrogen-bond donors (Lipinski definition) is 1. The third-order valence-corrected chi connectivity index (χ3v) is 3.78. The molecule has 3 amide bonds. The zero-order valence-electron chi connectivity index (χ0n) is 12.9. The number of rotatable bonds is 2. The molecule has 8 heteroatoms. The Morgan fingerprint density at radius 3 is 2.30 bits per heavy atom. The van der Waals surface area contributed by atoms with Gasteiger partial charge in [-0.05, 0) is 25.0 Å².